The lowest BCUT2D eigenvalue weighted by Crippen LogP contribution is -2.24. The van der Waals surface area contributed by atoms with Gasteiger partial charge in [-0.1, -0.05) is 54.6 Å². The van der Waals surface area contributed by atoms with Crippen LogP contribution in [0.3, 0.4) is 0 Å². The number of rotatable bonds is 4. The van der Waals surface area contributed by atoms with Crippen molar-refractivity contribution >= 4 is 16.7 Å². The number of aromatic nitrogens is 1. The molecule has 0 unspecified atom stereocenters. The normalized spacial score (nSPS) is 10.5. The Morgan fingerprint density at radius 1 is 1.00 bits per heavy atom. The van der Waals surface area contributed by atoms with Crippen molar-refractivity contribution in [2.45, 2.75) is 6.61 Å². The Labute approximate surface area is 122 Å². The van der Waals surface area contributed by atoms with Crippen LogP contribution in [-0.2, 0) is 11.4 Å². The minimum atomic E-state index is -0.350. The molecule has 2 aromatic carbocycles. The van der Waals surface area contributed by atoms with Crippen molar-refractivity contribution in [1.29, 1.82) is 0 Å². The zero-order valence-corrected chi connectivity index (χ0v) is 11.3. The Bertz CT molecular complexity index is 757. The molecule has 0 radical (unpaired) electrons. The number of nitrogens with one attached hydrogen (secondary N) is 1. The highest BCUT2D eigenvalue weighted by molar-refractivity contribution is 5.95. The monoisotopic (exact) mass is 278 g/mol. The molecule has 4 heteroatoms. The Morgan fingerprint density at radius 2 is 1.71 bits per heavy atom. The summed E-state index contributed by atoms with van der Waals surface area (Å²) in [5.74, 6) is -0.350. The third-order valence-electron chi connectivity index (χ3n) is 3.11. The Kier molecular flexibility index (Phi) is 3.89. The van der Waals surface area contributed by atoms with Crippen LogP contribution in [0.15, 0.2) is 66.9 Å². The van der Waals surface area contributed by atoms with Crippen LogP contribution in [0.2, 0.25) is 0 Å². The predicted molar refractivity (Wildman–Crippen MR) is 80.4 cm³/mol. The summed E-state index contributed by atoms with van der Waals surface area (Å²) >= 11 is 0. The molecule has 0 aliphatic rings. The fraction of sp³-hybridized carbons (Fsp3) is 0.0588. The van der Waals surface area contributed by atoms with Gasteiger partial charge < -0.3 is 0 Å². The largest absolute Gasteiger partial charge is 0.293 e. The number of benzene rings is 2. The van der Waals surface area contributed by atoms with Crippen LogP contribution in [0.25, 0.3) is 10.8 Å². The standard InChI is InChI=1S/C17H14N2O2/c20-17(19-21-12-13-6-2-1-3-7-13)16-10-14-8-4-5-9-15(14)11-18-16/h1-11H,12H2,(H,19,20). The minimum Gasteiger partial charge on any atom is -0.269 e. The molecule has 0 saturated heterocycles. The molecule has 1 N–H and O–H groups in total. The molecule has 104 valence electrons. The van der Waals surface area contributed by atoms with Crippen LogP contribution < -0.4 is 5.48 Å². The van der Waals surface area contributed by atoms with Gasteiger partial charge in [0.1, 0.15) is 5.69 Å². The lowest BCUT2D eigenvalue weighted by molar-refractivity contribution is 0.0229. The van der Waals surface area contributed by atoms with Gasteiger partial charge in [0, 0.05) is 11.6 Å². The Hall–Kier alpha value is -2.72. The second-order valence-electron chi connectivity index (χ2n) is 4.62. The molecule has 21 heavy (non-hydrogen) atoms. The van der Waals surface area contributed by atoms with E-state index in [0.717, 1.165) is 16.3 Å². The first-order chi connectivity index (χ1) is 10.3. The maximum Gasteiger partial charge on any atom is 0.293 e. The van der Waals surface area contributed by atoms with Gasteiger partial charge in [0.15, 0.2) is 0 Å². The summed E-state index contributed by atoms with van der Waals surface area (Å²) < 4.78 is 0. The van der Waals surface area contributed by atoms with Gasteiger partial charge in [-0.05, 0) is 17.0 Å². The second kappa shape index (κ2) is 6.15. The van der Waals surface area contributed by atoms with Crippen molar-refractivity contribution in [1.82, 2.24) is 10.5 Å². The summed E-state index contributed by atoms with van der Waals surface area (Å²) in [6, 6.07) is 19.1. The van der Waals surface area contributed by atoms with Crippen molar-refractivity contribution < 1.29 is 9.63 Å². The molecule has 1 amide bonds. The molecule has 0 saturated carbocycles. The van der Waals surface area contributed by atoms with Crippen molar-refractivity contribution in [3.05, 3.63) is 78.1 Å². The summed E-state index contributed by atoms with van der Waals surface area (Å²) in [5, 5.41) is 1.97. The van der Waals surface area contributed by atoms with Gasteiger partial charge in [-0.25, -0.2) is 5.48 Å². The van der Waals surface area contributed by atoms with E-state index in [-0.39, 0.29) is 5.91 Å². The van der Waals surface area contributed by atoms with Crippen LogP contribution in [0.4, 0.5) is 0 Å². The van der Waals surface area contributed by atoms with Gasteiger partial charge in [0.05, 0.1) is 6.61 Å². The molecular weight excluding hydrogens is 264 g/mol. The number of hydrogen-bond donors (Lipinski definition) is 1. The first-order valence-electron chi connectivity index (χ1n) is 6.64. The summed E-state index contributed by atoms with van der Waals surface area (Å²) in [7, 11) is 0. The maximum atomic E-state index is 12.0. The van der Waals surface area contributed by atoms with Crippen molar-refractivity contribution in [3.8, 4) is 0 Å². The van der Waals surface area contributed by atoms with E-state index in [1.807, 2.05) is 54.6 Å². The van der Waals surface area contributed by atoms with E-state index in [0.29, 0.717) is 12.3 Å². The lowest BCUT2D eigenvalue weighted by Gasteiger charge is -2.06. The van der Waals surface area contributed by atoms with Gasteiger partial charge in [-0.2, -0.15) is 0 Å². The van der Waals surface area contributed by atoms with E-state index in [2.05, 4.69) is 10.5 Å². The first-order valence-corrected chi connectivity index (χ1v) is 6.64. The van der Waals surface area contributed by atoms with E-state index in [1.165, 1.54) is 0 Å². The number of amides is 1. The molecule has 0 atom stereocenters. The quantitative estimate of drug-likeness (QED) is 0.746. The molecule has 1 aromatic heterocycles. The summed E-state index contributed by atoms with van der Waals surface area (Å²) in [6.07, 6.45) is 1.68. The zero-order chi connectivity index (χ0) is 14.5. The third-order valence-corrected chi connectivity index (χ3v) is 3.11. The van der Waals surface area contributed by atoms with Crippen molar-refractivity contribution in [2.24, 2.45) is 0 Å². The molecule has 0 bridgehead atoms. The Morgan fingerprint density at radius 3 is 2.52 bits per heavy atom. The van der Waals surface area contributed by atoms with Crippen LogP contribution in [-0.4, -0.2) is 10.9 Å². The average molecular weight is 278 g/mol. The zero-order valence-electron chi connectivity index (χ0n) is 11.3. The predicted octanol–water partition coefficient (Wildman–Crippen LogP) is 3.10. The molecule has 0 aliphatic heterocycles. The lowest BCUT2D eigenvalue weighted by atomic mass is 10.1. The number of fused-ring (bicyclic) bond motifs is 1. The number of hydrogen-bond acceptors (Lipinski definition) is 3. The SMILES string of the molecule is O=C(NOCc1ccccc1)c1cc2ccccc2cn1. The number of pyridine rings is 1. The summed E-state index contributed by atoms with van der Waals surface area (Å²) in [4.78, 5) is 21.3. The van der Waals surface area contributed by atoms with Crippen LogP contribution >= 0.6 is 0 Å². The second-order valence-corrected chi connectivity index (χ2v) is 4.62. The molecule has 0 spiro atoms. The van der Waals surface area contributed by atoms with E-state index < -0.39 is 0 Å². The molecule has 0 aliphatic carbocycles. The highest BCUT2D eigenvalue weighted by Crippen LogP contribution is 2.13. The fourth-order valence-electron chi connectivity index (χ4n) is 2.02. The van der Waals surface area contributed by atoms with Crippen LogP contribution in [0.1, 0.15) is 16.1 Å². The topological polar surface area (TPSA) is 51.2 Å². The number of carbonyl (C=O) groups is 1. The van der Waals surface area contributed by atoms with E-state index in [1.54, 1.807) is 12.3 Å². The molecule has 4 nitrogen and oxygen atoms in total. The van der Waals surface area contributed by atoms with E-state index in [4.69, 9.17) is 4.84 Å². The molecule has 3 rings (SSSR count). The van der Waals surface area contributed by atoms with Gasteiger partial charge >= 0.3 is 0 Å². The van der Waals surface area contributed by atoms with Gasteiger partial charge in [0.2, 0.25) is 0 Å². The highest BCUT2D eigenvalue weighted by Gasteiger charge is 2.07. The van der Waals surface area contributed by atoms with Crippen LogP contribution in [0, 0.1) is 0 Å². The van der Waals surface area contributed by atoms with Gasteiger partial charge in [-0.15, -0.1) is 0 Å². The van der Waals surface area contributed by atoms with Crippen molar-refractivity contribution in [2.75, 3.05) is 0 Å². The molecule has 1 heterocycles. The van der Waals surface area contributed by atoms with Gasteiger partial charge in [-0.3, -0.25) is 14.6 Å². The number of hydroxylamine groups is 1. The van der Waals surface area contributed by atoms with Crippen molar-refractivity contribution in [3.63, 3.8) is 0 Å². The summed E-state index contributed by atoms with van der Waals surface area (Å²) in [5.41, 5.74) is 3.74. The first kappa shape index (κ1) is 13.3. The smallest absolute Gasteiger partial charge is 0.269 e. The number of carbonyl (C=O) groups excluding carboxylic acids is 1. The average Bonchev–Trinajstić information content (AvgIpc) is 2.55. The summed E-state index contributed by atoms with van der Waals surface area (Å²) in [6.45, 7) is 0.320. The fourth-order valence-corrected chi connectivity index (χ4v) is 2.02. The maximum absolute atomic E-state index is 12.0. The van der Waals surface area contributed by atoms with E-state index in [9.17, 15) is 4.79 Å². The third kappa shape index (κ3) is 3.24. The molecule has 3 aromatic rings. The number of nitrogens with zero attached hydrogens (tertiary/aromatic N) is 1. The minimum absolute atomic E-state index is 0.320. The Balaban J connectivity index is 1.64. The molecule has 0 fully saturated rings. The molecular formula is C17H14N2O2. The van der Waals surface area contributed by atoms with Crippen LogP contribution in [0.5, 0.6) is 0 Å². The highest BCUT2D eigenvalue weighted by atomic mass is 16.6. The van der Waals surface area contributed by atoms with E-state index >= 15 is 0 Å². The van der Waals surface area contributed by atoms with Gasteiger partial charge in [0.25, 0.3) is 5.91 Å².